The van der Waals surface area contributed by atoms with E-state index in [1.807, 2.05) is 24.3 Å². The monoisotopic (exact) mass is 273 g/mol. The van der Waals surface area contributed by atoms with Gasteiger partial charge >= 0.3 is 0 Å². The number of likely N-dealkylation sites (tertiary alicyclic amines) is 1. The molecule has 1 saturated heterocycles. The van der Waals surface area contributed by atoms with Crippen molar-refractivity contribution in [3.63, 3.8) is 0 Å². The first-order valence-corrected chi connectivity index (χ1v) is 7.11. The minimum atomic E-state index is -0.443. The van der Waals surface area contributed by atoms with E-state index >= 15 is 0 Å². The van der Waals surface area contributed by atoms with Gasteiger partial charge in [-0.3, -0.25) is 9.59 Å². The second-order valence-corrected chi connectivity index (χ2v) is 5.50. The zero-order valence-corrected chi connectivity index (χ0v) is 11.3. The molecule has 2 unspecified atom stereocenters. The number of carbonyl (C=O) groups is 2. The van der Waals surface area contributed by atoms with Crippen LogP contribution in [0.15, 0.2) is 24.3 Å². The van der Waals surface area contributed by atoms with Crippen LogP contribution in [0.1, 0.15) is 24.8 Å². The maximum absolute atomic E-state index is 12.6. The number of nitrogens with zero attached hydrogens (tertiary/aromatic N) is 1. The lowest BCUT2D eigenvalue weighted by atomic mass is 9.99. The van der Waals surface area contributed by atoms with Crippen molar-refractivity contribution < 1.29 is 9.59 Å². The summed E-state index contributed by atoms with van der Waals surface area (Å²) in [6.45, 7) is 0.626. The maximum atomic E-state index is 12.6. The Labute approximate surface area is 118 Å². The van der Waals surface area contributed by atoms with Gasteiger partial charge in [-0.05, 0) is 30.9 Å². The third-order valence-corrected chi connectivity index (χ3v) is 4.18. The van der Waals surface area contributed by atoms with Crippen LogP contribution in [0.3, 0.4) is 0 Å². The van der Waals surface area contributed by atoms with Crippen LogP contribution in [0.25, 0.3) is 0 Å². The summed E-state index contributed by atoms with van der Waals surface area (Å²) in [4.78, 5) is 25.8. The molecule has 0 radical (unpaired) electrons. The topological polar surface area (TPSA) is 75.4 Å². The molecule has 5 heteroatoms. The molecule has 106 valence electrons. The Bertz CT molecular complexity index is 519. The number of amides is 2. The molecule has 1 aromatic carbocycles. The van der Waals surface area contributed by atoms with Crippen LogP contribution in [0.2, 0.25) is 0 Å². The quantitative estimate of drug-likeness (QED) is 0.840. The molecule has 0 bridgehead atoms. The fourth-order valence-electron chi connectivity index (χ4n) is 3.14. The molecule has 2 atom stereocenters. The Kier molecular flexibility index (Phi) is 3.34. The van der Waals surface area contributed by atoms with Crippen LogP contribution < -0.4 is 11.1 Å². The molecule has 5 nitrogen and oxygen atoms in total. The average molecular weight is 273 g/mol. The predicted molar refractivity (Wildman–Crippen MR) is 76.1 cm³/mol. The van der Waals surface area contributed by atoms with Crippen molar-refractivity contribution in [3.8, 4) is 0 Å². The highest BCUT2D eigenvalue weighted by Crippen LogP contribution is 2.27. The van der Waals surface area contributed by atoms with Crippen LogP contribution in [0.5, 0.6) is 0 Å². The van der Waals surface area contributed by atoms with E-state index in [2.05, 4.69) is 5.32 Å². The molecule has 0 aliphatic carbocycles. The molecule has 2 aliphatic heterocycles. The number of primary amides is 1. The second kappa shape index (κ2) is 5.15. The highest BCUT2D eigenvalue weighted by molar-refractivity contribution is 5.92. The number of benzene rings is 1. The lowest BCUT2D eigenvalue weighted by Gasteiger charge is -2.35. The zero-order chi connectivity index (χ0) is 14.1. The Balaban J connectivity index is 1.75. The summed E-state index contributed by atoms with van der Waals surface area (Å²) in [5.41, 5.74) is 7.59. The number of fused-ring (bicyclic) bond motifs is 1. The normalized spacial score (nSPS) is 24.9. The SMILES string of the molecule is NC(=O)C1CCCCN1C(=O)C1Cc2ccccc2N1. The molecule has 20 heavy (non-hydrogen) atoms. The number of nitrogens with two attached hydrogens (primary N) is 1. The molecule has 2 heterocycles. The van der Waals surface area contributed by atoms with Crippen molar-refractivity contribution in [1.29, 1.82) is 0 Å². The lowest BCUT2D eigenvalue weighted by molar-refractivity contribution is -0.141. The Morgan fingerprint density at radius 3 is 2.80 bits per heavy atom. The first kappa shape index (κ1) is 13.0. The van der Waals surface area contributed by atoms with Crippen molar-refractivity contribution in [2.24, 2.45) is 5.73 Å². The van der Waals surface area contributed by atoms with E-state index in [0.717, 1.165) is 24.1 Å². The third-order valence-electron chi connectivity index (χ3n) is 4.18. The van der Waals surface area contributed by atoms with E-state index in [0.29, 0.717) is 19.4 Å². The third kappa shape index (κ3) is 2.24. The summed E-state index contributed by atoms with van der Waals surface area (Å²) >= 11 is 0. The van der Waals surface area contributed by atoms with Gasteiger partial charge in [0.1, 0.15) is 12.1 Å². The molecule has 0 saturated carbocycles. The molecular formula is C15H19N3O2. The molecule has 0 aromatic heterocycles. The number of hydrogen-bond donors (Lipinski definition) is 2. The van der Waals surface area contributed by atoms with Gasteiger partial charge in [-0.2, -0.15) is 0 Å². The second-order valence-electron chi connectivity index (χ2n) is 5.50. The largest absolute Gasteiger partial charge is 0.373 e. The first-order chi connectivity index (χ1) is 9.66. The van der Waals surface area contributed by atoms with E-state index in [4.69, 9.17) is 5.73 Å². The smallest absolute Gasteiger partial charge is 0.246 e. The van der Waals surface area contributed by atoms with Gasteiger partial charge in [0.15, 0.2) is 0 Å². The molecule has 0 spiro atoms. The standard InChI is InChI=1S/C15H19N3O2/c16-14(19)13-7-3-4-8-18(13)15(20)12-9-10-5-1-2-6-11(10)17-12/h1-2,5-6,12-13,17H,3-4,7-9H2,(H2,16,19). The minimum absolute atomic E-state index is 0.00954. The van der Waals surface area contributed by atoms with E-state index < -0.39 is 11.9 Å². The van der Waals surface area contributed by atoms with E-state index in [1.54, 1.807) is 4.90 Å². The molecule has 1 fully saturated rings. The van der Waals surface area contributed by atoms with Gasteiger partial charge in [-0.15, -0.1) is 0 Å². The van der Waals surface area contributed by atoms with Crippen molar-refractivity contribution in [3.05, 3.63) is 29.8 Å². The highest BCUT2D eigenvalue weighted by Gasteiger charge is 2.36. The minimum Gasteiger partial charge on any atom is -0.373 e. The number of carbonyl (C=O) groups excluding carboxylic acids is 2. The molecular weight excluding hydrogens is 254 g/mol. The summed E-state index contributed by atoms with van der Waals surface area (Å²) in [5.74, 6) is -0.404. The van der Waals surface area contributed by atoms with Crippen LogP contribution in [-0.2, 0) is 16.0 Å². The first-order valence-electron chi connectivity index (χ1n) is 7.11. The van der Waals surface area contributed by atoms with Crippen molar-refractivity contribution >= 4 is 17.5 Å². The van der Waals surface area contributed by atoms with E-state index in [1.165, 1.54) is 0 Å². The maximum Gasteiger partial charge on any atom is 0.246 e. The number of para-hydroxylation sites is 1. The van der Waals surface area contributed by atoms with Gasteiger partial charge in [-0.1, -0.05) is 18.2 Å². The van der Waals surface area contributed by atoms with Crippen molar-refractivity contribution in [1.82, 2.24) is 4.90 Å². The Morgan fingerprint density at radius 1 is 1.25 bits per heavy atom. The number of hydrogen-bond acceptors (Lipinski definition) is 3. The van der Waals surface area contributed by atoms with E-state index in [-0.39, 0.29) is 11.9 Å². The fraction of sp³-hybridized carbons (Fsp3) is 0.467. The van der Waals surface area contributed by atoms with Gasteiger partial charge in [0.2, 0.25) is 11.8 Å². The molecule has 3 N–H and O–H groups in total. The molecule has 1 aromatic rings. The van der Waals surface area contributed by atoms with Crippen LogP contribution in [0, 0.1) is 0 Å². The van der Waals surface area contributed by atoms with Crippen molar-refractivity contribution in [2.45, 2.75) is 37.8 Å². The average Bonchev–Trinajstić information content (AvgIpc) is 2.90. The van der Waals surface area contributed by atoms with Gasteiger partial charge in [0.05, 0.1) is 0 Å². The Hall–Kier alpha value is -2.04. The Morgan fingerprint density at radius 2 is 2.05 bits per heavy atom. The summed E-state index contributed by atoms with van der Waals surface area (Å²) < 4.78 is 0. The van der Waals surface area contributed by atoms with Gasteiger partial charge in [0.25, 0.3) is 0 Å². The summed E-state index contributed by atoms with van der Waals surface area (Å²) in [6, 6.07) is 7.21. The van der Waals surface area contributed by atoms with Gasteiger partial charge in [0, 0.05) is 18.7 Å². The van der Waals surface area contributed by atoms with E-state index in [9.17, 15) is 9.59 Å². The van der Waals surface area contributed by atoms with Crippen LogP contribution >= 0.6 is 0 Å². The summed E-state index contributed by atoms with van der Waals surface area (Å²) in [6.07, 6.45) is 3.25. The summed E-state index contributed by atoms with van der Waals surface area (Å²) in [7, 11) is 0. The number of rotatable bonds is 2. The number of anilines is 1. The van der Waals surface area contributed by atoms with Crippen LogP contribution in [-0.4, -0.2) is 35.3 Å². The number of nitrogens with one attached hydrogen (secondary N) is 1. The fourth-order valence-corrected chi connectivity index (χ4v) is 3.14. The highest BCUT2D eigenvalue weighted by atomic mass is 16.2. The molecule has 2 amide bonds. The lowest BCUT2D eigenvalue weighted by Crippen LogP contribution is -2.54. The summed E-state index contributed by atoms with van der Waals surface area (Å²) in [5, 5.41) is 3.25. The molecule has 3 rings (SSSR count). The molecule has 2 aliphatic rings. The van der Waals surface area contributed by atoms with Crippen molar-refractivity contribution in [2.75, 3.05) is 11.9 Å². The number of piperidine rings is 1. The van der Waals surface area contributed by atoms with Gasteiger partial charge in [-0.25, -0.2) is 0 Å². The van der Waals surface area contributed by atoms with Crippen LogP contribution in [0.4, 0.5) is 5.69 Å². The van der Waals surface area contributed by atoms with Gasteiger partial charge < -0.3 is 16.0 Å². The zero-order valence-electron chi connectivity index (χ0n) is 11.3. The predicted octanol–water partition coefficient (Wildman–Crippen LogP) is 0.890.